The molecule has 19 heavy (non-hydrogen) atoms. The summed E-state index contributed by atoms with van der Waals surface area (Å²) < 4.78 is 5.66. The minimum atomic E-state index is 0.610. The summed E-state index contributed by atoms with van der Waals surface area (Å²) in [6, 6.07) is 5.95. The van der Waals surface area contributed by atoms with Crippen molar-refractivity contribution >= 4 is 23.2 Å². The SMILES string of the molecule is Clc1cc(Cl)cc(OCCNC2CCCCCC2)c1. The Morgan fingerprint density at radius 2 is 1.63 bits per heavy atom. The summed E-state index contributed by atoms with van der Waals surface area (Å²) in [5, 5.41) is 4.79. The molecule has 1 saturated carbocycles. The molecule has 0 aliphatic heterocycles. The third-order valence-corrected chi connectivity index (χ3v) is 3.93. The lowest BCUT2D eigenvalue weighted by Crippen LogP contribution is -2.32. The van der Waals surface area contributed by atoms with Gasteiger partial charge in [0, 0.05) is 22.6 Å². The van der Waals surface area contributed by atoms with Gasteiger partial charge in [0.05, 0.1) is 0 Å². The number of benzene rings is 1. The van der Waals surface area contributed by atoms with Crippen molar-refractivity contribution in [2.45, 2.75) is 44.6 Å². The highest BCUT2D eigenvalue weighted by molar-refractivity contribution is 6.34. The van der Waals surface area contributed by atoms with Crippen LogP contribution in [0.25, 0.3) is 0 Å². The normalized spacial score (nSPS) is 17.2. The highest BCUT2D eigenvalue weighted by Gasteiger charge is 2.10. The van der Waals surface area contributed by atoms with Crippen molar-refractivity contribution in [2.24, 2.45) is 0 Å². The van der Waals surface area contributed by atoms with Crippen LogP contribution >= 0.6 is 23.2 Å². The minimum Gasteiger partial charge on any atom is -0.492 e. The Hall–Kier alpha value is -0.440. The van der Waals surface area contributed by atoms with Gasteiger partial charge in [-0.25, -0.2) is 0 Å². The molecule has 1 aromatic rings. The molecule has 1 N–H and O–H groups in total. The van der Waals surface area contributed by atoms with Crippen molar-refractivity contribution in [1.82, 2.24) is 5.32 Å². The maximum absolute atomic E-state index is 5.92. The quantitative estimate of drug-likeness (QED) is 0.629. The van der Waals surface area contributed by atoms with Gasteiger partial charge in [0.15, 0.2) is 0 Å². The first-order chi connectivity index (χ1) is 9.24. The number of hydrogen-bond donors (Lipinski definition) is 1. The Morgan fingerprint density at radius 3 is 2.26 bits per heavy atom. The standard InChI is InChI=1S/C15H21Cl2NO/c16-12-9-13(17)11-15(10-12)19-8-7-18-14-5-3-1-2-4-6-14/h9-11,14,18H,1-8H2. The molecule has 4 heteroatoms. The maximum atomic E-state index is 5.92. The van der Waals surface area contributed by atoms with Gasteiger partial charge >= 0.3 is 0 Å². The van der Waals surface area contributed by atoms with Gasteiger partial charge < -0.3 is 10.1 Å². The van der Waals surface area contributed by atoms with Gasteiger partial charge in [-0.2, -0.15) is 0 Å². The van der Waals surface area contributed by atoms with E-state index < -0.39 is 0 Å². The highest BCUT2D eigenvalue weighted by atomic mass is 35.5. The zero-order valence-corrected chi connectivity index (χ0v) is 12.6. The van der Waals surface area contributed by atoms with Crippen LogP contribution < -0.4 is 10.1 Å². The van der Waals surface area contributed by atoms with E-state index in [2.05, 4.69) is 5.32 Å². The Kier molecular flexibility index (Phi) is 6.29. The summed E-state index contributed by atoms with van der Waals surface area (Å²) >= 11 is 11.8. The lowest BCUT2D eigenvalue weighted by atomic mass is 10.1. The van der Waals surface area contributed by atoms with Crippen LogP contribution in [0.1, 0.15) is 38.5 Å². The van der Waals surface area contributed by atoms with Crippen LogP contribution in [0, 0.1) is 0 Å². The average Bonchev–Trinajstić information content (AvgIpc) is 2.62. The van der Waals surface area contributed by atoms with E-state index in [9.17, 15) is 0 Å². The monoisotopic (exact) mass is 301 g/mol. The van der Waals surface area contributed by atoms with Crippen LogP contribution in [-0.2, 0) is 0 Å². The molecule has 0 bridgehead atoms. The molecule has 1 aliphatic rings. The number of nitrogens with one attached hydrogen (secondary N) is 1. The molecule has 0 radical (unpaired) electrons. The van der Waals surface area contributed by atoms with Crippen molar-refractivity contribution in [3.8, 4) is 5.75 Å². The van der Waals surface area contributed by atoms with Crippen LogP contribution in [0.4, 0.5) is 0 Å². The molecule has 1 fully saturated rings. The highest BCUT2D eigenvalue weighted by Crippen LogP contribution is 2.24. The van der Waals surface area contributed by atoms with E-state index in [-0.39, 0.29) is 0 Å². The molecular formula is C15H21Cl2NO. The first kappa shape index (κ1) is 15.0. The topological polar surface area (TPSA) is 21.3 Å². The zero-order valence-electron chi connectivity index (χ0n) is 11.1. The fraction of sp³-hybridized carbons (Fsp3) is 0.600. The summed E-state index contributed by atoms with van der Waals surface area (Å²) in [5.41, 5.74) is 0. The number of halogens is 2. The van der Waals surface area contributed by atoms with Crippen molar-refractivity contribution in [2.75, 3.05) is 13.2 Å². The van der Waals surface area contributed by atoms with Gasteiger partial charge in [-0.1, -0.05) is 48.9 Å². The largest absolute Gasteiger partial charge is 0.492 e. The summed E-state index contributed by atoms with van der Waals surface area (Å²) in [6.07, 6.45) is 8.06. The van der Waals surface area contributed by atoms with Crippen molar-refractivity contribution in [3.05, 3.63) is 28.2 Å². The Balaban J connectivity index is 1.68. The van der Waals surface area contributed by atoms with E-state index >= 15 is 0 Å². The van der Waals surface area contributed by atoms with Crippen LogP contribution in [0.3, 0.4) is 0 Å². The van der Waals surface area contributed by atoms with E-state index in [0.29, 0.717) is 22.7 Å². The van der Waals surface area contributed by atoms with Crippen LogP contribution in [0.2, 0.25) is 10.0 Å². The van der Waals surface area contributed by atoms with Crippen molar-refractivity contribution in [3.63, 3.8) is 0 Å². The molecular weight excluding hydrogens is 281 g/mol. The van der Waals surface area contributed by atoms with Gasteiger partial charge in [0.25, 0.3) is 0 Å². The molecule has 0 heterocycles. The van der Waals surface area contributed by atoms with Crippen molar-refractivity contribution < 1.29 is 4.74 Å². The predicted octanol–water partition coefficient (Wildman–Crippen LogP) is 4.68. The fourth-order valence-electron chi connectivity index (χ4n) is 2.53. The van der Waals surface area contributed by atoms with Crippen LogP contribution in [0.5, 0.6) is 5.75 Å². The molecule has 2 rings (SSSR count). The average molecular weight is 302 g/mol. The maximum Gasteiger partial charge on any atom is 0.122 e. The minimum absolute atomic E-state index is 0.610. The molecule has 0 spiro atoms. The van der Waals surface area contributed by atoms with E-state index in [1.165, 1.54) is 38.5 Å². The van der Waals surface area contributed by atoms with E-state index in [0.717, 1.165) is 12.3 Å². The molecule has 106 valence electrons. The second kappa shape index (κ2) is 7.98. The lowest BCUT2D eigenvalue weighted by Gasteiger charge is -2.16. The molecule has 0 aromatic heterocycles. The Labute approximate surface area is 125 Å². The second-order valence-electron chi connectivity index (χ2n) is 5.10. The number of hydrogen-bond acceptors (Lipinski definition) is 2. The first-order valence-corrected chi connectivity index (χ1v) is 7.82. The molecule has 0 amide bonds. The van der Waals surface area contributed by atoms with E-state index in [1.807, 2.05) is 0 Å². The molecule has 1 aliphatic carbocycles. The lowest BCUT2D eigenvalue weighted by molar-refractivity contribution is 0.300. The fourth-order valence-corrected chi connectivity index (χ4v) is 3.03. The van der Waals surface area contributed by atoms with Gasteiger partial charge in [-0.15, -0.1) is 0 Å². The van der Waals surface area contributed by atoms with Crippen LogP contribution in [0.15, 0.2) is 18.2 Å². The third-order valence-electron chi connectivity index (χ3n) is 3.50. The summed E-state index contributed by atoms with van der Waals surface area (Å²) in [4.78, 5) is 0. The molecule has 0 saturated heterocycles. The van der Waals surface area contributed by atoms with Gasteiger partial charge in [0.2, 0.25) is 0 Å². The summed E-state index contributed by atoms with van der Waals surface area (Å²) in [6.45, 7) is 1.52. The number of ether oxygens (including phenoxy) is 1. The molecule has 0 unspecified atom stereocenters. The van der Waals surface area contributed by atoms with Crippen LogP contribution in [-0.4, -0.2) is 19.2 Å². The summed E-state index contributed by atoms with van der Waals surface area (Å²) in [5.74, 6) is 0.736. The van der Waals surface area contributed by atoms with Gasteiger partial charge in [-0.3, -0.25) is 0 Å². The predicted molar refractivity (Wildman–Crippen MR) is 81.4 cm³/mol. The molecule has 0 atom stereocenters. The molecule has 1 aromatic carbocycles. The summed E-state index contributed by atoms with van der Waals surface area (Å²) in [7, 11) is 0. The number of rotatable bonds is 5. The van der Waals surface area contributed by atoms with E-state index in [4.69, 9.17) is 27.9 Å². The second-order valence-corrected chi connectivity index (χ2v) is 5.97. The van der Waals surface area contributed by atoms with E-state index in [1.54, 1.807) is 18.2 Å². The molecule has 2 nitrogen and oxygen atoms in total. The Morgan fingerprint density at radius 1 is 1.00 bits per heavy atom. The zero-order chi connectivity index (χ0) is 13.5. The first-order valence-electron chi connectivity index (χ1n) is 7.06. The van der Waals surface area contributed by atoms with Gasteiger partial charge in [0.1, 0.15) is 12.4 Å². The van der Waals surface area contributed by atoms with Gasteiger partial charge in [-0.05, 0) is 31.0 Å². The third kappa shape index (κ3) is 5.60. The Bertz CT molecular complexity index is 369. The smallest absolute Gasteiger partial charge is 0.122 e. The van der Waals surface area contributed by atoms with Crippen molar-refractivity contribution in [1.29, 1.82) is 0 Å².